The number of anilines is 1. The Kier molecular flexibility index (Phi) is 5.99. The summed E-state index contributed by atoms with van der Waals surface area (Å²) in [6.07, 6.45) is 0.200. The van der Waals surface area contributed by atoms with Crippen LogP contribution in [-0.2, 0) is 9.59 Å². The zero-order chi connectivity index (χ0) is 22.7. The molecule has 166 valence electrons. The third-order valence-corrected chi connectivity index (χ3v) is 5.11. The Hall–Kier alpha value is -3.61. The number of hydrogen-bond acceptors (Lipinski definition) is 4. The first-order valence-electron chi connectivity index (χ1n) is 10.7. The average molecular weight is 433 g/mol. The largest absolute Gasteiger partial charge is 0.493 e. The molecule has 1 aliphatic rings. The number of aromatic nitrogens is 2. The van der Waals surface area contributed by atoms with Crippen molar-refractivity contribution in [3.8, 4) is 22.7 Å². The lowest BCUT2D eigenvalue weighted by Gasteiger charge is -2.19. The quantitative estimate of drug-likeness (QED) is 0.616. The second-order valence-corrected chi connectivity index (χ2v) is 9.23. The number of carbonyl (C=O) groups excluding carboxylic acids is 2. The topological polar surface area (TPSA) is 85.2 Å². The molecule has 0 radical (unpaired) electrons. The van der Waals surface area contributed by atoms with E-state index in [4.69, 9.17) is 4.74 Å². The van der Waals surface area contributed by atoms with E-state index in [0.29, 0.717) is 19.0 Å². The van der Waals surface area contributed by atoms with Crippen molar-refractivity contribution in [2.45, 2.75) is 27.2 Å². The molecule has 2 amide bonds. The van der Waals surface area contributed by atoms with Gasteiger partial charge in [0.2, 0.25) is 11.8 Å². The van der Waals surface area contributed by atoms with Gasteiger partial charge in [0.05, 0.1) is 23.9 Å². The second-order valence-electron chi connectivity index (χ2n) is 9.23. The SMILES string of the molecule is CC(C)(C)COc1cccc(-c2cc(NC(=O)[C@@H]3CNC(=O)C3)nn2-c2ccccc2)c1. The Balaban J connectivity index is 1.65. The summed E-state index contributed by atoms with van der Waals surface area (Å²) >= 11 is 0. The van der Waals surface area contributed by atoms with Gasteiger partial charge < -0.3 is 15.4 Å². The van der Waals surface area contributed by atoms with Crippen LogP contribution in [0, 0.1) is 11.3 Å². The number of benzene rings is 2. The van der Waals surface area contributed by atoms with Gasteiger partial charge in [-0.05, 0) is 29.7 Å². The highest BCUT2D eigenvalue weighted by atomic mass is 16.5. The third-order valence-electron chi connectivity index (χ3n) is 5.11. The lowest BCUT2D eigenvalue weighted by atomic mass is 9.99. The average Bonchev–Trinajstić information content (AvgIpc) is 3.39. The summed E-state index contributed by atoms with van der Waals surface area (Å²) < 4.78 is 7.79. The number of rotatable bonds is 6. The number of ether oxygens (including phenoxy) is 1. The molecule has 4 rings (SSSR count). The fraction of sp³-hybridized carbons (Fsp3) is 0.320. The maximum absolute atomic E-state index is 12.6. The number of carbonyl (C=O) groups is 2. The molecule has 0 bridgehead atoms. The molecule has 2 heterocycles. The van der Waals surface area contributed by atoms with E-state index in [1.807, 2.05) is 60.7 Å². The van der Waals surface area contributed by atoms with Crippen molar-refractivity contribution in [3.63, 3.8) is 0 Å². The fourth-order valence-corrected chi connectivity index (χ4v) is 3.48. The Morgan fingerprint density at radius 2 is 1.94 bits per heavy atom. The van der Waals surface area contributed by atoms with Crippen LogP contribution in [-0.4, -0.2) is 34.7 Å². The minimum Gasteiger partial charge on any atom is -0.493 e. The third kappa shape index (κ3) is 5.17. The maximum Gasteiger partial charge on any atom is 0.230 e. The highest BCUT2D eigenvalue weighted by Gasteiger charge is 2.28. The van der Waals surface area contributed by atoms with Crippen molar-refractivity contribution in [1.82, 2.24) is 15.1 Å². The van der Waals surface area contributed by atoms with Gasteiger partial charge in [0.15, 0.2) is 5.82 Å². The number of amides is 2. The minimum atomic E-state index is -0.387. The van der Waals surface area contributed by atoms with Crippen molar-refractivity contribution in [2.24, 2.45) is 11.3 Å². The molecule has 2 N–H and O–H groups in total. The standard InChI is InChI=1S/C25H28N4O3/c1-25(2,3)16-32-20-11-7-8-17(12-20)21-14-22(27-24(31)18-13-23(30)26-15-18)28-29(21)19-9-5-4-6-10-19/h4-12,14,18H,13,15-16H2,1-3H3,(H,26,30)(H,27,28,31)/t18-/m0/s1. The Bertz CT molecular complexity index is 1120. The van der Waals surface area contributed by atoms with Crippen LogP contribution >= 0.6 is 0 Å². The van der Waals surface area contributed by atoms with Gasteiger partial charge in [-0.15, -0.1) is 5.10 Å². The minimum absolute atomic E-state index is 0.0513. The summed E-state index contributed by atoms with van der Waals surface area (Å²) in [6, 6.07) is 19.4. The van der Waals surface area contributed by atoms with Crippen LogP contribution in [0.4, 0.5) is 5.82 Å². The first-order valence-corrected chi connectivity index (χ1v) is 10.7. The Morgan fingerprint density at radius 3 is 2.62 bits per heavy atom. The highest BCUT2D eigenvalue weighted by molar-refractivity contribution is 5.97. The molecule has 1 aliphatic heterocycles. The molecular weight excluding hydrogens is 404 g/mol. The van der Waals surface area contributed by atoms with Crippen LogP contribution in [0.15, 0.2) is 60.7 Å². The fourth-order valence-electron chi connectivity index (χ4n) is 3.48. The first kappa shape index (κ1) is 21.6. The van der Waals surface area contributed by atoms with Crippen molar-refractivity contribution < 1.29 is 14.3 Å². The van der Waals surface area contributed by atoms with E-state index in [0.717, 1.165) is 22.7 Å². The Labute approximate surface area is 187 Å². The molecule has 0 unspecified atom stereocenters. The van der Waals surface area contributed by atoms with E-state index in [2.05, 4.69) is 36.5 Å². The van der Waals surface area contributed by atoms with E-state index in [1.165, 1.54) is 0 Å². The summed E-state index contributed by atoms with van der Waals surface area (Å²) in [5.74, 6) is 0.512. The number of nitrogens with zero attached hydrogens (tertiary/aromatic N) is 2. The van der Waals surface area contributed by atoms with Crippen molar-refractivity contribution in [3.05, 3.63) is 60.7 Å². The van der Waals surface area contributed by atoms with Gasteiger partial charge in [-0.1, -0.05) is 51.1 Å². The normalized spacial score (nSPS) is 16.0. The smallest absolute Gasteiger partial charge is 0.230 e. The summed E-state index contributed by atoms with van der Waals surface area (Å²) in [6.45, 7) is 7.34. The van der Waals surface area contributed by atoms with E-state index in [-0.39, 0.29) is 29.6 Å². The molecule has 1 saturated heterocycles. The predicted molar refractivity (Wildman–Crippen MR) is 124 cm³/mol. The van der Waals surface area contributed by atoms with Gasteiger partial charge in [0.1, 0.15) is 5.75 Å². The zero-order valence-corrected chi connectivity index (χ0v) is 18.6. The molecule has 0 aliphatic carbocycles. The molecule has 1 aromatic heterocycles. The van der Waals surface area contributed by atoms with Gasteiger partial charge in [-0.3, -0.25) is 9.59 Å². The van der Waals surface area contributed by atoms with Crippen LogP contribution in [0.1, 0.15) is 27.2 Å². The summed E-state index contributed by atoms with van der Waals surface area (Å²) in [5.41, 5.74) is 2.68. The number of para-hydroxylation sites is 1. The van der Waals surface area contributed by atoms with Gasteiger partial charge in [0, 0.05) is 24.6 Å². The van der Waals surface area contributed by atoms with Gasteiger partial charge in [0.25, 0.3) is 0 Å². The summed E-state index contributed by atoms with van der Waals surface area (Å²) in [7, 11) is 0. The van der Waals surface area contributed by atoms with Crippen LogP contribution in [0.2, 0.25) is 0 Å². The van der Waals surface area contributed by atoms with Gasteiger partial charge >= 0.3 is 0 Å². The Morgan fingerprint density at radius 1 is 1.16 bits per heavy atom. The zero-order valence-electron chi connectivity index (χ0n) is 18.6. The van der Waals surface area contributed by atoms with Crippen LogP contribution < -0.4 is 15.4 Å². The highest BCUT2D eigenvalue weighted by Crippen LogP contribution is 2.29. The van der Waals surface area contributed by atoms with Crippen LogP contribution in [0.25, 0.3) is 16.9 Å². The summed E-state index contributed by atoms with van der Waals surface area (Å²) in [5, 5.41) is 10.2. The lowest BCUT2D eigenvalue weighted by Crippen LogP contribution is -2.24. The van der Waals surface area contributed by atoms with Crippen molar-refractivity contribution in [2.75, 3.05) is 18.5 Å². The molecule has 1 atom stereocenters. The van der Waals surface area contributed by atoms with E-state index in [9.17, 15) is 9.59 Å². The first-order chi connectivity index (χ1) is 15.3. The van der Waals surface area contributed by atoms with Crippen LogP contribution in [0.5, 0.6) is 5.75 Å². The number of hydrogen-bond donors (Lipinski definition) is 2. The number of nitrogens with one attached hydrogen (secondary N) is 2. The molecule has 0 saturated carbocycles. The second kappa shape index (κ2) is 8.86. The van der Waals surface area contributed by atoms with E-state index < -0.39 is 0 Å². The van der Waals surface area contributed by atoms with Crippen LogP contribution in [0.3, 0.4) is 0 Å². The lowest BCUT2D eigenvalue weighted by molar-refractivity contribution is -0.123. The van der Waals surface area contributed by atoms with E-state index in [1.54, 1.807) is 4.68 Å². The molecule has 7 nitrogen and oxygen atoms in total. The van der Waals surface area contributed by atoms with Crippen molar-refractivity contribution >= 4 is 17.6 Å². The predicted octanol–water partition coefficient (Wildman–Crippen LogP) is 4.04. The molecule has 3 aromatic rings. The van der Waals surface area contributed by atoms with Gasteiger partial charge in [-0.25, -0.2) is 4.68 Å². The van der Waals surface area contributed by atoms with E-state index >= 15 is 0 Å². The van der Waals surface area contributed by atoms with Crippen molar-refractivity contribution in [1.29, 1.82) is 0 Å². The monoisotopic (exact) mass is 432 g/mol. The molecular formula is C25H28N4O3. The maximum atomic E-state index is 12.6. The van der Waals surface area contributed by atoms with Gasteiger partial charge in [-0.2, -0.15) is 0 Å². The molecule has 1 fully saturated rings. The summed E-state index contributed by atoms with van der Waals surface area (Å²) in [4.78, 5) is 24.1. The molecule has 0 spiro atoms. The molecule has 32 heavy (non-hydrogen) atoms. The molecule has 7 heteroatoms. The molecule has 2 aromatic carbocycles.